The maximum Gasteiger partial charge on any atom is 0.337 e. The predicted octanol–water partition coefficient (Wildman–Crippen LogP) is 1.28. The number of nitrogens with two attached hydrogens (primary N) is 1. The zero-order valence-electron chi connectivity index (χ0n) is 13.4. The maximum atomic E-state index is 14.1. The zero-order valence-corrected chi connectivity index (χ0v) is 14.2. The van der Waals surface area contributed by atoms with Crippen molar-refractivity contribution < 1.29 is 22.3 Å². The minimum absolute atomic E-state index is 0.0148. The summed E-state index contributed by atoms with van der Waals surface area (Å²) < 4.78 is 45.6. The number of benzene rings is 1. The van der Waals surface area contributed by atoms with Crippen molar-refractivity contribution in [3.05, 3.63) is 29.1 Å². The van der Waals surface area contributed by atoms with Crippen LogP contribution in [0, 0.1) is 18.2 Å². The number of carbonyl (C=O) groups excluding carboxylic acids is 1. The largest absolute Gasteiger partial charge is 0.465 e. The van der Waals surface area contributed by atoms with E-state index in [0.29, 0.717) is 19.5 Å². The number of hydrogen-bond acceptors (Lipinski definition) is 5. The summed E-state index contributed by atoms with van der Waals surface area (Å²) in [5, 5.41) is 0. The Morgan fingerprint density at radius 2 is 2.13 bits per heavy atom. The highest BCUT2D eigenvalue weighted by Gasteiger charge is 2.40. The third-order valence-corrected chi connectivity index (χ3v) is 6.32. The van der Waals surface area contributed by atoms with E-state index in [0.717, 1.165) is 19.2 Å². The van der Waals surface area contributed by atoms with Gasteiger partial charge in [0.05, 0.1) is 17.6 Å². The van der Waals surface area contributed by atoms with Crippen LogP contribution < -0.4 is 5.73 Å². The first-order chi connectivity index (χ1) is 10.6. The van der Waals surface area contributed by atoms with Crippen LogP contribution in [-0.2, 0) is 14.8 Å². The van der Waals surface area contributed by atoms with Crippen molar-refractivity contribution >= 4 is 16.0 Å². The number of methoxy groups -OCH3 is 1. The highest BCUT2D eigenvalue weighted by molar-refractivity contribution is 7.89. The van der Waals surface area contributed by atoms with Gasteiger partial charge in [0.2, 0.25) is 10.0 Å². The van der Waals surface area contributed by atoms with E-state index in [1.807, 2.05) is 6.92 Å². The molecule has 2 N–H and O–H groups in total. The van der Waals surface area contributed by atoms with Crippen LogP contribution in [0.25, 0.3) is 0 Å². The summed E-state index contributed by atoms with van der Waals surface area (Å²) in [6.07, 6.45) is 0.640. The molecule has 1 aliphatic rings. The average Bonchev–Trinajstić information content (AvgIpc) is 2.92. The van der Waals surface area contributed by atoms with E-state index >= 15 is 0 Å². The van der Waals surface area contributed by atoms with Crippen molar-refractivity contribution in [3.8, 4) is 0 Å². The van der Waals surface area contributed by atoms with Gasteiger partial charge < -0.3 is 10.5 Å². The number of hydrogen-bond donors (Lipinski definition) is 1. The molecule has 0 bridgehead atoms. The molecule has 128 valence electrons. The summed E-state index contributed by atoms with van der Waals surface area (Å²) >= 11 is 0. The number of halogens is 1. The van der Waals surface area contributed by atoms with Crippen LogP contribution in [0.15, 0.2) is 17.0 Å². The molecule has 1 heterocycles. The summed E-state index contributed by atoms with van der Waals surface area (Å²) in [4.78, 5) is 11.4. The van der Waals surface area contributed by atoms with Crippen LogP contribution in [0.2, 0.25) is 0 Å². The lowest BCUT2D eigenvalue weighted by molar-refractivity contribution is 0.0600. The van der Waals surface area contributed by atoms with Gasteiger partial charge in [-0.3, -0.25) is 0 Å². The number of carbonyl (C=O) groups is 1. The third-order valence-electron chi connectivity index (χ3n) is 4.35. The van der Waals surface area contributed by atoms with E-state index in [9.17, 15) is 17.6 Å². The van der Waals surface area contributed by atoms with E-state index in [1.165, 1.54) is 11.2 Å². The molecule has 1 atom stereocenters. The smallest absolute Gasteiger partial charge is 0.337 e. The van der Waals surface area contributed by atoms with Crippen molar-refractivity contribution in [2.75, 3.05) is 26.7 Å². The van der Waals surface area contributed by atoms with E-state index in [-0.39, 0.29) is 28.0 Å². The van der Waals surface area contributed by atoms with E-state index in [2.05, 4.69) is 4.74 Å². The van der Waals surface area contributed by atoms with Gasteiger partial charge in [0.15, 0.2) is 0 Å². The Hall–Kier alpha value is -1.51. The van der Waals surface area contributed by atoms with Gasteiger partial charge in [-0.15, -0.1) is 0 Å². The molecule has 0 aliphatic carbocycles. The molecular formula is C15H21FN2O4S. The Morgan fingerprint density at radius 3 is 2.65 bits per heavy atom. The minimum atomic E-state index is -3.91. The number of rotatable bonds is 4. The molecule has 2 rings (SSSR count). The van der Waals surface area contributed by atoms with Crippen molar-refractivity contribution in [2.24, 2.45) is 11.1 Å². The van der Waals surface area contributed by atoms with E-state index < -0.39 is 21.8 Å². The first kappa shape index (κ1) is 17.8. The summed E-state index contributed by atoms with van der Waals surface area (Å²) in [6.45, 7) is 4.26. The second-order valence-corrected chi connectivity index (χ2v) is 8.08. The van der Waals surface area contributed by atoms with Gasteiger partial charge in [0, 0.05) is 18.7 Å². The Labute approximate surface area is 135 Å². The lowest BCUT2D eigenvalue weighted by Crippen LogP contribution is -2.35. The number of esters is 1. The molecule has 0 aromatic heterocycles. The van der Waals surface area contributed by atoms with Crippen molar-refractivity contribution in [1.29, 1.82) is 0 Å². The summed E-state index contributed by atoms with van der Waals surface area (Å²) in [7, 11) is -2.75. The fraction of sp³-hybridized carbons (Fsp3) is 0.533. The molecule has 0 radical (unpaired) electrons. The first-order valence-electron chi connectivity index (χ1n) is 7.23. The molecule has 1 unspecified atom stereocenters. The topological polar surface area (TPSA) is 89.7 Å². The molecule has 1 fully saturated rings. The van der Waals surface area contributed by atoms with Crippen LogP contribution in [-0.4, -0.2) is 45.4 Å². The Balaban J connectivity index is 2.48. The molecule has 6 nitrogen and oxygen atoms in total. The molecule has 8 heteroatoms. The van der Waals surface area contributed by atoms with Crippen LogP contribution in [0.5, 0.6) is 0 Å². The second kappa shape index (κ2) is 6.18. The highest BCUT2D eigenvalue weighted by Crippen LogP contribution is 2.34. The fourth-order valence-corrected chi connectivity index (χ4v) is 4.50. The zero-order chi connectivity index (χ0) is 17.4. The molecule has 0 amide bonds. The fourth-order valence-electron chi connectivity index (χ4n) is 2.65. The second-order valence-electron chi connectivity index (χ2n) is 6.18. The van der Waals surface area contributed by atoms with Gasteiger partial charge in [-0.1, -0.05) is 6.92 Å². The molecule has 1 saturated heterocycles. The normalized spacial score (nSPS) is 22.3. The van der Waals surface area contributed by atoms with Crippen LogP contribution >= 0.6 is 0 Å². The molecular weight excluding hydrogens is 323 g/mol. The van der Waals surface area contributed by atoms with Gasteiger partial charge in [0.25, 0.3) is 0 Å². The Morgan fingerprint density at radius 1 is 1.48 bits per heavy atom. The quantitative estimate of drug-likeness (QED) is 0.831. The van der Waals surface area contributed by atoms with Crippen LogP contribution in [0.4, 0.5) is 4.39 Å². The Bertz CT molecular complexity index is 735. The first-order valence-corrected chi connectivity index (χ1v) is 8.67. The number of nitrogens with zero attached hydrogens (tertiary/aromatic N) is 1. The molecule has 1 aliphatic heterocycles. The third kappa shape index (κ3) is 3.24. The molecule has 1 aromatic carbocycles. The van der Waals surface area contributed by atoms with Gasteiger partial charge in [-0.25, -0.2) is 17.6 Å². The van der Waals surface area contributed by atoms with Crippen molar-refractivity contribution in [2.45, 2.75) is 25.2 Å². The molecule has 23 heavy (non-hydrogen) atoms. The predicted molar refractivity (Wildman–Crippen MR) is 83.0 cm³/mol. The van der Waals surface area contributed by atoms with Gasteiger partial charge in [0.1, 0.15) is 5.82 Å². The number of ether oxygens (including phenoxy) is 1. The van der Waals surface area contributed by atoms with E-state index in [4.69, 9.17) is 5.73 Å². The summed E-state index contributed by atoms with van der Waals surface area (Å²) in [5.41, 5.74) is 5.27. The standard InChI is InChI=1S/C15H21FN2O4S/c1-10-12(16)6-11(14(19)22-3)7-13(10)23(20,21)18-5-4-15(2,8-17)9-18/h6-7H,4-5,8-9,17H2,1-3H3. The minimum Gasteiger partial charge on any atom is -0.465 e. The van der Waals surface area contributed by atoms with Gasteiger partial charge >= 0.3 is 5.97 Å². The molecule has 0 spiro atoms. The van der Waals surface area contributed by atoms with Crippen LogP contribution in [0.3, 0.4) is 0 Å². The maximum absolute atomic E-state index is 14.1. The van der Waals surface area contributed by atoms with Gasteiger partial charge in [-0.05, 0) is 37.4 Å². The van der Waals surface area contributed by atoms with E-state index in [1.54, 1.807) is 0 Å². The summed E-state index contributed by atoms with van der Waals surface area (Å²) in [6, 6.07) is 2.14. The lowest BCUT2D eigenvalue weighted by atomic mass is 9.90. The molecule has 1 aromatic rings. The SMILES string of the molecule is COC(=O)c1cc(F)c(C)c(S(=O)(=O)N2CCC(C)(CN)C2)c1. The number of sulfonamides is 1. The lowest BCUT2D eigenvalue weighted by Gasteiger charge is -2.23. The highest BCUT2D eigenvalue weighted by atomic mass is 32.2. The van der Waals surface area contributed by atoms with Crippen LogP contribution in [0.1, 0.15) is 29.3 Å². The average molecular weight is 344 g/mol. The van der Waals surface area contributed by atoms with Crippen molar-refractivity contribution in [3.63, 3.8) is 0 Å². The van der Waals surface area contributed by atoms with Gasteiger partial charge in [-0.2, -0.15) is 4.31 Å². The molecule has 0 saturated carbocycles. The van der Waals surface area contributed by atoms with Crippen molar-refractivity contribution in [1.82, 2.24) is 4.31 Å². The monoisotopic (exact) mass is 344 g/mol. The Kier molecular flexibility index (Phi) is 4.79. The summed E-state index contributed by atoms with van der Waals surface area (Å²) in [5.74, 6) is -1.54.